The van der Waals surface area contributed by atoms with Crippen molar-refractivity contribution in [2.75, 3.05) is 56.7 Å². The van der Waals surface area contributed by atoms with Gasteiger partial charge < -0.3 is 19.2 Å². The van der Waals surface area contributed by atoms with Crippen LogP contribution in [0, 0.1) is 11.6 Å². The molecule has 0 unspecified atom stereocenters. The highest BCUT2D eigenvalue weighted by Gasteiger charge is 2.37. The lowest BCUT2D eigenvalue weighted by Crippen LogP contribution is -2.48. The van der Waals surface area contributed by atoms with Gasteiger partial charge in [-0.25, -0.2) is 18.6 Å². The fraction of sp³-hybridized carbons (Fsp3) is 0.417. The van der Waals surface area contributed by atoms with E-state index in [1.54, 1.807) is 6.92 Å². The van der Waals surface area contributed by atoms with Gasteiger partial charge in [0, 0.05) is 55.1 Å². The summed E-state index contributed by atoms with van der Waals surface area (Å²) in [5.74, 6) is -5.02. The summed E-state index contributed by atoms with van der Waals surface area (Å²) in [4.78, 5) is 25.7. The van der Waals surface area contributed by atoms with Crippen molar-refractivity contribution in [2.45, 2.75) is 20.0 Å². The maximum absolute atomic E-state index is 15.7. The first-order valence-corrected chi connectivity index (χ1v) is 11.0. The first-order chi connectivity index (χ1) is 19.3. The molecule has 2 amide bonds. The van der Waals surface area contributed by atoms with Crippen LogP contribution in [0.3, 0.4) is 0 Å². The molecule has 2 aliphatic heterocycles. The Morgan fingerprint density at radius 3 is 2.51 bits per heavy atom. The molecule has 11 heteroatoms. The van der Waals surface area contributed by atoms with E-state index in [2.05, 4.69) is 24.3 Å². The molecule has 0 saturated carbocycles. The average Bonchev–Trinajstić information content (AvgIpc) is 3.29. The molecule has 1 N–H and O–H groups in total. The van der Waals surface area contributed by atoms with Crippen LogP contribution in [-0.2, 0) is 17.8 Å². The summed E-state index contributed by atoms with van der Waals surface area (Å²) >= 11 is 0. The fourth-order valence-electron chi connectivity index (χ4n) is 4.59. The summed E-state index contributed by atoms with van der Waals surface area (Å²) in [6.07, 6.45) is 1.48. The van der Waals surface area contributed by atoms with Crippen molar-refractivity contribution >= 4 is 28.4 Å². The molecule has 1 aromatic carbocycles. The van der Waals surface area contributed by atoms with Crippen LogP contribution in [-0.4, -0.2) is 67.8 Å². The minimum Gasteiger partial charge on any atom is -0.493 e. The van der Waals surface area contributed by atoms with Crippen LogP contribution >= 0.6 is 0 Å². The van der Waals surface area contributed by atoms with Gasteiger partial charge >= 0.3 is 6.03 Å². The van der Waals surface area contributed by atoms with Crippen LogP contribution < -0.4 is 19.3 Å². The van der Waals surface area contributed by atoms with Gasteiger partial charge in [-0.3, -0.25) is 14.7 Å². The molecule has 1 saturated heterocycles. The first kappa shape index (κ1) is 17.1. The van der Waals surface area contributed by atoms with Gasteiger partial charge in [0.25, 0.3) is 0 Å². The van der Waals surface area contributed by atoms with Crippen molar-refractivity contribution < 1.29 is 36.0 Å². The molecule has 186 valence electrons. The summed E-state index contributed by atoms with van der Waals surface area (Å²) in [5.41, 5.74) is 1.35. The monoisotopic (exact) mass is 493 g/mol. The minimum atomic E-state index is -3.16. The van der Waals surface area contributed by atoms with Gasteiger partial charge in [-0.2, -0.15) is 0 Å². The van der Waals surface area contributed by atoms with E-state index in [-0.39, 0.29) is 13.1 Å². The maximum Gasteiger partial charge on any atom is 0.329 e. The van der Waals surface area contributed by atoms with E-state index in [1.807, 2.05) is 6.07 Å². The number of nitrogens with one attached hydrogen (secondary N) is 1. The zero-order chi connectivity index (χ0) is 29.7. The molecule has 1 fully saturated rings. The largest absolute Gasteiger partial charge is 0.493 e. The lowest BCUT2D eigenvalue weighted by molar-refractivity contribution is 0.0337. The zero-order valence-corrected chi connectivity index (χ0v) is 18.9. The number of nitrogens with zero attached hydrogens (tertiary/aromatic N) is 4. The predicted molar refractivity (Wildman–Crippen MR) is 126 cm³/mol. The Hall–Kier alpha value is -3.44. The number of hydrogen-bond donors (Lipinski definition) is 1. The topological polar surface area (TPSA) is 83.2 Å². The summed E-state index contributed by atoms with van der Waals surface area (Å²) in [6.45, 7) is 4.85. The summed E-state index contributed by atoms with van der Waals surface area (Å²) in [7, 11) is -6.33. The van der Waals surface area contributed by atoms with Crippen LogP contribution in [0.5, 0.6) is 11.5 Å². The Bertz CT molecular complexity index is 1440. The van der Waals surface area contributed by atoms with Crippen molar-refractivity contribution in [1.82, 2.24) is 14.9 Å². The van der Waals surface area contributed by atoms with Crippen molar-refractivity contribution in [3.05, 3.63) is 41.2 Å². The van der Waals surface area contributed by atoms with Gasteiger partial charge in [0.2, 0.25) is 0 Å². The molecule has 4 heterocycles. The molecule has 35 heavy (non-hydrogen) atoms. The molecule has 2 aliphatic rings. The zero-order valence-electron chi connectivity index (χ0n) is 24.9. The number of ether oxygens (including phenoxy) is 3. The van der Waals surface area contributed by atoms with Gasteiger partial charge in [-0.1, -0.05) is 0 Å². The Labute approximate surface area is 209 Å². The van der Waals surface area contributed by atoms with Crippen LogP contribution in [0.4, 0.5) is 25.0 Å². The Balaban J connectivity index is 1.58. The second-order valence-corrected chi connectivity index (χ2v) is 8.24. The Morgan fingerprint density at radius 1 is 1.14 bits per heavy atom. The van der Waals surface area contributed by atoms with E-state index in [4.69, 9.17) is 13.0 Å². The second kappa shape index (κ2) is 9.31. The fourth-order valence-corrected chi connectivity index (χ4v) is 4.59. The second-order valence-electron chi connectivity index (χ2n) is 8.24. The van der Waals surface area contributed by atoms with Crippen LogP contribution in [0.25, 0.3) is 11.0 Å². The number of amides is 2. The lowest BCUT2D eigenvalue weighted by Gasteiger charge is -2.37. The third kappa shape index (κ3) is 3.94. The molecule has 9 nitrogen and oxygen atoms in total. The molecule has 3 aromatic rings. The highest BCUT2D eigenvalue weighted by Crippen LogP contribution is 2.42. The third-order valence-electron chi connectivity index (χ3n) is 6.24. The lowest BCUT2D eigenvalue weighted by atomic mass is 10.1. The van der Waals surface area contributed by atoms with Crippen LogP contribution in [0.2, 0.25) is 0 Å². The number of aromatic amines is 1. The molecule has 0 aliphatic carbocycles. The number of pyridine rings is 1. The van der Waals surface area contributed by atoms with Gasteiger partial charge in [0.05, 0.1) is 47.7 Å². The molecular formula is C24H27F2N5O4. The Morgan fingerprint density at radius 2 is 1.86 bits per heavy atom. The smallest absolute Gasteiger partial charge is 0.329 e. The van der Waals surface area contributed by atoms with E-state index in [0.717, 1.165) is 23.7 Å². The minimum absolute atomic E-state index is 0.110. The number of H-pyrrole nitrogens is 1. The quantitative estimate of drug-likeness (QED) is 0.565. The van der Waals surface area contributed by atoms with Crippen molar-refractivity contribution in [1.29, 1.82) is 0 Å². The molecule has 0 atom stereocenters. The van der Waals surface area contributed by atoms with Gasteiger partial charge in [-0.05, 0) is 13.0 Å². The highest BCUT2D eigenvalue weighted by molar-refractivity contribution is 6.11. The van der Waals surface area contributed by atoms with E-state index in [9.17, 15) is 4.79 Å². The number of morpholine rings is 1. The number of carbonyl (C=O) groups is 1. The van der Waals surface area contributed by atoms with Crippen molar-refractivity contribution in [2.24, 2.45) is 0 Å². The number of halogens is 2. The number of anilines is 2. The summed E-state index contributed by atoms with van der Waals surface area (Å²) < 4.78 is 90.1. The average molecular weight is 494 g/mol. The molecule has 0 spiro atoms. The highest BCUT2D eigenvalue weighted by atomic mass is 19.1. The number of benzene rings is 1. The standard InChI is InChI=1S/C24H27F2N5O4/c1-4-30-21-14(11-27-23-16(21)9-15(28-23)13-29-5-7-35-8-6-29)12-31(24(30)32)22-19(25)17(33-2)10-18(34-3)20(22)26/h9-11H,4-8,12-13H2,1-3H3,(H,27,28)/i2D3,3D3. The molecule has 0 radical (unpaired) electrons. The van der Waals surface area contributed by atoms with Gasteiger partial charge in [-0.15, -0.1) is 0 Å². The van der Waals surface area contributed by atoms with E-state index >= 15 is 8.78 Å². The normalized spacial score (nSPS) is 19.9. The summed E-state index contributed by atoms with van der Waals surface area (Å²) in [5, 5.41) is 0.646. The number of carbonyl (C=O) groups excluding carboxylic acids is 1. The number of fused-ring (bicyclic) bond motifs is 3. The number of hydrogen-bond acceptors (Lipinski definition) is 6. The molecule has 5 rings (SSSR count). The molecule has 2 aromatic heterocycles. The SMILES string of the molecule is [2H]C([2H])([2H])Oc1cc(OC([2H])([2H])[2H])c(F)c(N2Cc3cnc4[nH]c(CN5CCOCC5)cc4c3N(CC)C2=O)c1F. The van der Waals surface area contributed by atoms with E-state index in [0.29, 0.717) is 48.1 Å². The number of methoxy groups -OCH3 is 2. The predicted octanol–water partition coefficient (Wildman–Crippen LogP) is 3.66. The number of rotatable bonds is 6. The van der Waals surface area contributed by atoms with Gasteiger partial charge in [0.15, 0.2) is 23.1 Å². The Kier molecular flexibility index (Phi) is 4.54. The summed E-state index contributed by atoms with van der Waals surface area (Å²) in [6, 6.07) is 1.55. The maximum atomic E-state index is 15.7. The number of urea groups is 1. The first-order valence-electron chi connectivity index (χ1n) is 14.0. The van der Waals surface area contributed by atoms with Crippen LogP contribution in [0.1, 0.15) is 26.4 Å². The third-order valence-corrected chi connectivity index (χ3v) is 6.24. The van der Waals surface area contributed by atoms with E-state index in [1.165, 1.54) is 11.1 Å². The number of aromatic nitrogens is 2. The van der Waals surface area contributed by atoms with Crippen molar-refractivity contribution in [3.63, 3.8) is 0 Å². The molecular weight excluding hydrogens is 460 g/mol. The molecule has 0 bridgehead atoms. The van der Waals surface area contributed by atoms with Crippen molar-refractivity contribution in [3.8, 4) is 11.5 Å². The van der Waals surface area contributed by atoms with Crippen LogP contribution in [0.15, 0.2) is 18.3 Å². The van der Waals surface area contributed by atoms with E-state index < -0.39 is 48.9 Å². The van der Waals surface area contributed by atoms with Gasteiger partial charge in [0.1, 0.15) is 11.3 Å².